The summed E-state index contributed by atoms with van der Waals surface area (Å²) in [7, 11) is 0. The molecular weight excluding hydrogens is 468 g/mol. The van der Waals surface area contributed by atoms with Gasteiger partial charge in [0.2, 0.25) is 0 Å². The van der Waals surface area contributed by atoms with Crippen LogP contribution < -0.4 is 9.62 Å². The van der Waals surface area contributed by atoms with E-state index in [1.807, 2.05) is 32.9 Å². The molecule has 2 amide bonds. The zero-order valence-corrected chi connectivity index (χ0v) is 22.0. The van der Waals surface area contributed by atoms with Crippen molar-refractivity contribution in [3.05, 3.63) is 36.4 Å². The quantitative estimate of drug-likeness (QED) is 0.154. The smallest absolute Gasteiger partial charge is 0.306 e. The minimum Gasteiger partial charge on any atom is -0.460 e. The van der Waals surface area contributed by atoms with E-state index in [0.29, 0.717) is 51.0 Å². The minimum atomic E-state index is -0.421. The number of amides is 2. The van der Waals surface area contributed by atoms with Gasteiger partial charge in [-0.2, -0.15) is 0 Å². The first kappa shape index (κ1) is 29.0. The van der Waals surface area contributed by atoms with Crippen molar-refractivity contribution >= 4 is 35.4 Å². The fourth-order valence-corrected chi connectivity index (χ4v) is 3.95. The first-order chi connectivity index (χ1) is 16.7. The van der Waals surface area contributed by atoms with Gasteiger partial charge in [-0.15, -0.1) is 0 Å². The van der Waals surface area contributed by atoms with Crippen LogP contribution >= 0.6 is 11.9 Å². The number of anilines is 1. The summed E-state index contributed by atoms with van der Waals surface area (Å²) >= 11 is 1.46. The first-order valence-electron chi connectivity index (χ1n) is 12.1. The number of imide groups is 1. The molecule has 0 radical (unpaired) electrons. The average Bonchev–Trinajstić information content (AvgIpc) is 3.13. The third-order valence-corrected chi connectivity index (χ3v) is 5.92. The Kier molecular flexibility index (Phi) is 12.5. The second kappa shape index (κ2) is 15.0. The molecule has 0 bridgehead atoms. The Balaban J connectivity index is 1.41. The Morgan fingerprint density at radius 1 is 0.971 bits per heavy atom. The molecule has 0 aliphatic carbocycles. The van der Waals surface area contributed by atoms with Crippen LogP contribution in [-0.4, -0.2) is 56.4 Å². The SMILES string of the molecule is CC(CCCOCCOCCNSc1ccc(N2C(=O)C=CC2=O)cc1)CCC(=O)OC(C)(C)C. The standard InChI is InChI=1S/C26H38N2O6S/c1-20(7-14-25(31)34-26(2,3)4)6-5-16-32-18-19-33-17-15-27-35-22-10-8-21(9-11-22)28-23(29)12-13-24(28)30/h8-13,20,27H,5-7,14-19H2,1-4H3. The van der Waals surface area contributed by atoms with Gasteiger partial charge in [-0.25, -0.2) is 4.90 Å². The average molecular weight is 507 g/mol. The molecule has 9 heteroatoms. The molecule has 0 fully saturated rings. The molecule has 1 aliphatic heterocycles. The summed E-state index contributed by atoms with van der Waals surface area (Å²) in [5.41, 5.74) is 0.142. The van der Waals surface area contributed by atoms with Gasteiger partial charge in [-0.3, -0.25) is 19.1 Å². The maximum atomic E-state index is 11.8. The van der Waals surface area contributed by atoms with Crippen molar-refractivity contribution in [2.75, 3.05) is 37.9 Å². The summed E-state index contributed by atoms with van der Waals surface area (Å²) in [4.78, 5) is 37.3. The third kappa shape index (κ3) is 11.9. The van der Waals surface area contributed by atoms with Crippen molar-refractivity contribution < 1.29 is 28.6 Å². The number of hydrogen-bond acceptors (Lipinski definition) is 8. The highest BCUT2D eigenvalue weighted by molar-refractivity contribution is 7.97. The molecule has 8 nitrogen and oxygen atoms in total. The predicted molar refractivity (Wildman–Crippen MR) is 137 cm³/mol. The minimum absolute atomic E-state index is 0.130. The molecule has 0 saturated heterocycles. The lowest BCUT2D eigenvalue weighted by molar-refractivity contribution is -0.155. The molecule has 1 unspecified atom stereocenters. The topological polar surface area (TPSA) is 94.2 Å². The number of ether oxygens (including phenoxy) is 3. The summed E-state index contributed by atoms with van der Waals surface area (Å²) in [6.07, 6.45) is 5.83. The summed E-state index contributed by atoms with van der Waals surface area (Å²) in [6.45, 7) is 10.8. The summed E-state index contributed by atoms with van der Waals surface area (Å²) in [5.74, 6) is -0.308. The van der Waals surface area contributed by atoms with Gasteiger partial charge < -0.3 is 14.2 Å². The van der Waals surface area contributed by atoms with Gasteiger partial charge >= 0.3 is 5.97 Å². The van der Waals surface area contributed by atoms with E-state index in [-0.39, 0.29) is 17.8 Å². The summed E-state index contributed by atoms with van der Waals surface area (Å²) in [5, 5.41) is 0. The molecule has 194 valence electrons. The molecule has 0 spiro atoms. The number of carbonyl (C=O) groups excluding carboxylic acids is 3. The van der Waals surface area contributed by atoms with Crippen molar-refractivity contribution in [3.8, 4) is 0 Å². The number of nitrogens with one attached hydrogen (secondary N) is 1. The summed E-state index contributed by atoms with van der Waals surface area (Å²) < 4.78 is 19.8. The molecular formula is C26H38N2O6S. The van der Waals surface area contributed by atoms with Gasteiger partial charge in [0.05, 0.1) is 25.5 Å². The number of rotatable bonds is 16. The van der Waals surface area contributed by atoms with E-state index in [4.69, 9.17) is 14.2 Å². The van der Waals surface area contributed by atoms with E-state index in [1.54, 1.807) is 12.1 Å². The maximum absolute atomic E-state index is 11.8. The fourth-order valence-electron chi connectivity index (χ4n) is 3.32. The third-order valence-electron chi connectivity index (χ3n) is 5.06. The van der Waals surface area contributed by atoms with Crippen molar-refractivity contribution in [1.82, 2.24) is 4.72 Å². The zero-order valence-electron chi connectivity index (χ0n) is 21.2. The molecule has 1 aliphatic rings. The second-order valence-corrected chi connectivity index (χ2v) is 10.4. The molecule has 1 heterocycles. The van der Waals surface area contributed by atoms with E-state index in [9.17, 15) is 14.4 Å². The van der Waals surface area contributed by atoms with Crippen LogP contribution in [0.1, 0.15) is 53.4 Å². The Morgan fingerprint density at radius 3 is 2.23 bits per heavy atom. The zero-order chi connectivity index (χ0) is 25.7. The lowest BCUT2D eigenvalue weighted by Gasteiger charge is -2.20. The molecule has 0 saturated carbocycles. The van der Waals surface area contributed by atoms with Crippen molar-refractivity contribution in [3.63, 3.8) is 0 Å². The lowest BCUT2D eigenvalue weighted by atomic mass is 10.00. The highest BCUT2D eigenvalue weighted by Gasteiger charge is 2.24. The van der Waals surface area contributed by atoms with E-state index in [0.717, 1.165) is 29.1 Å². The van der Waals surface area contributed by atoms with Crippen LogP contribution in [0.15, 0.2) is 41.3 Å². The van der Waals surface area contributed by atoms with Crippen LogP contribution in [0.5, 0.6) is 0 Å². The molecule has 35 heavy (non-hydrogen) atoms. The molecule has 1 aromatic rings. The first-order valence-corrected chi connectivity index (χ1v) is 12.9. The van der Waals surface area contributed by atoms with Crippen molar-refractivity contribution in [2.45, 2.75) is 63.9 Å². The van der Waals surface area contributed by atoms with E-state index in [2.05, 4.69) is 11.6 Å². The van der Waals surface area contributed by atoms with Gasteiger partial charge in [0.25, 0.3) is 11.8 Å². The fraction of sp³-hybridized carbons (Fsp3) is 0.577. The molecule has 2 rings (SSSR count). The van der Waals surface area contributed by atoms with Gasteiger partial charge in [-0.1, -0.05) is 6.92 Å². The second-order valence-electron chi connectivity index (χ2n) is 9.43. The molecule has 1 N–H and O–H groups in total. The monoisotopic (exact) mass is 506 g/mol. The normalized spacial score (nSPS) is 14.6. The van der Waals surface area contributed by atoms with Crippen LogP contribution in [0.3, 0.4) is 0 Å². The number of nitrogens with zero attached hydrogens (tertiary/aromatic N) is 1. The van der Waals surface area contributed by atoms with Crippen LogP contribution in [0.4, 0.5) is 5.69 Å². The molecule has 1 aromatic carbocycles. The van der Waals surface area contributed by atoms with Crippen LogP contribution in [0, 0.1) is 5.92 Å². The van der Waals surface area contributed by atoms with Crippen LogP contribution in [0.25, 0.3) is 0 Å². The number of esters is 1. The molecule has 1 atom stereocenters. The Bertz CT molecular complexity index is 832. The van der Waals surface area contributed by atoms with Crippen molar-refractivity contribution in [2.24, 2.45) is 5.92 Å². The van der Waals surface area contributed by atoms with Crippen LogP contribution in [-0.2, 0) is 28.6 Å². The van der Waals surface area contributed by atoms with Gasteiger partial charge in [0.1, 0.15) is 5.60 Å². The number of benzene rings is 1. The van der Waals surface area contributed by atoms with E-state index in [1.165, 1.54) is 24.1 Å². The highest BCUT2D eigenvalue weighted by atomic mass is 32.2. The van der Waals surface area contributed by atoms with Crippen molar-refractivity contribution in [1.29, 1.82) is 0 Å². The van der Waals surface area contributed by atoms with E-state index >= 15 is 0 Å². The number of hydrogen-bond donors (Lipinski definition) is 1. The van der Waals surface area contributed by atoms with Gasteiger partial charge in [0.15, 0.2) is 0 Å². The van der Waals surface area contributed by atoms with Gasteiger partial charge in [-0.05, 0) is 82.2 Å². The number of carbonyl (C=O) groups is 3. The van der Waals surface area contributed by atoms with Gasteiger partial charge in [0, 0.05) is 36.6 Å². The molecule has 0 aromatic heterocycles. The van der Waals surface area contributed by atoms with Crippen LogP contribution in [0.2, 0.25) is 0 Å². The Morgan fingerprint density at radius 2 is 1.60 bits per heavy atom. The predicted octanol–water partition coefficient (Wildman–Crippen LogP) is 4.28. The maximum Gasteiger partial charge on any atom is 0.306 e. The highest BCUT2D eigenvalue weighted by Crippen LogP contribution is 2.23. The lowest BCUT2D eigenvalue weighted by Crippen LogP contribution is -2.29. The Hall–Kier alpha value is -2.20. The van der Waals surface area contributed by atoms with E-state index < -0.39 is 5.60 Å². The Labute approximate surface area is 212 Å². The largest absolute Gasteiger partial charge is 0.460 e. The summed E-state index contributed by atoms with van der Waals surface area (Å²) in [6, 6.07) is 7.23.